The summed E-state index contributed by atoms with van der Waals surface area (Å²) in [5.41, 5.74) is 2.56. The highest BCUT2D eigenvalue weighted by Crippen LogP contribution is 2.37. The molecule has 0 fully saturated rings. The molecule has 22 heavy (non-hydrogen) atoms. The maximum absolute atomic E-state index is 12.7. The van der Waals surface area contributed by atoms with E-state index >= 15 is 0 Å². The van der Waals surface area contributed by atoms with Crippen LogP contribution in [0.2, 0.25) is 0 Å². The first kappa shape index (κ1) is 17.3. The zero-order valence-corrected chi connectivity index (χ0v) is 13.9. The molecule has 118 valence electrons. The maximum Gasteiger partial charge on any atom is 0.416 e. The number of nitrogens with one attached hydrogen (secondary N) is 1. The average Bonchev–Trinajstić information content (AvgIpc) is 2.46. The van der Waals surface area contributed by atoms with Gasteiger partial charge in [-0.25, -0.2) is 0 Å². The summed E-state index contributed by atoms with van der Waals surface area (Å²) in [7, 11) is 0. The molecule has 0 bridgehead atoms. The maximum atomic E-state index is 12.7. The van der Waals surface area contributed by atoms with Crippen molar-refractivity contribution in [3.05, 3.63) is 69.2 Å². The highest BCUT2D eigenvalue weighted by molar-refractivity contribution is 9.10. The summed E-state index contributed by atoms with van der Waals surface area (Å²) >= 11 is 3.29. The van der Waals surface area contributed by atoms with E-state index in [4.69, 9.17) is 0 Å². The molecule has 1 nitrogen and oxygen atoms in total. The lowest BCUT2D eigenvalue weighted by atomic mass is 9.89. The van der Waals surface area contributed by atoms with Gasteiger partial charge in [0.25, 0.3) is 0 Å². The van der Waals surface area contributed by atoms with E-state index in [1.54, 1.807) is 6.07 Å². The molecule has 0 spiro atoms. The molecule has 1 atom stereocenters. The summed E-state index contributed by atoms with van der Waals surface area (Å²) in [6, 6.07) is 11.8. The number of alkyl halides is 3. The number of benzene rings is 2. The number of halogens is 5. The molecule has 1 aliphatic rings. The van der Waals surface area contributed by atoms with Crippen molar-refractivity contribution in [1.29, 1.82) is 0 Å². The normalized spacial score (nSPS) is 17.5. The number of fused-ring (bicyclic) bond motifs is 1. The quantitative estimate of drug-likeness (QED) is 0.710. The first-order valence-corrected chi connectivity index (χ1v) is 7.44. The molecule has 1 unspecified atom stereocenters. The van der Waals surface area contributed by atoms with Gasteiger partial charge >= 0.3 is 6.18 Å². The average molecular weight is 393 g/mol. The molecule has 1 N–H and O–H groups in total. The van der Waals surface area contributed by atoms with Crippen molar-refractivity contribution in [2.75, 3.05) is 6.54 Å². The molecule has 2 aromatic carbocycles. The highest BCUT2D eigenvalue weighted by atomic mass is 79.9. The van der Waals surface area contributed by atoms with E-state index in [0.29, 0.717) is 4.47 Å². The lowest BCUT2D eigenvalue weighted by molar-refractivity contribution is -0.137. The lowest BCUT2D eigenvalue weighted by Gasteiger charge is -2.28. The molecule has 0 aliphatic carbocycles. The first-order chi connectivity index (χ1) is 9.97. The van der Waals surface area contributed by atoms with Crippen molar-refractivity contribution >= 4 is 28.3 Å². The zero-order chi connectivity index (χ0) is 15.0. The van der Waals surface area contributed by atoms with E-state index in [9.17, 15) is 13.2 Å². The fourth-order valence-electron chi connectivity index (χ4n) is 2.72. The second-order valence-corrected chi connectivity index (χ2v) is 5.92. The Morgan fingerprint density at radius 3 is 2.45 bits per heavy atom. The van der Waals surface area contributed by atoms with Gasteiger partial charge in [-0.05, 0) is 35.2 Å². The minimum absolute atomic E-state index is 0. The Bertz CT molecular complexity index is 673. The van der Waals surface area contributed by atoms with Crippen LogP contribution in [0.5, 0.6) is 0 Å². The third kappa shape index (κ3) is 3.31. The summed E-state index contributed by atoms with van der Waals surface area (Å²) in [5.74, 6) is 0. The second kappa shape index (κ2) is 6.60. The lowest BCUT2D eigenvalue weighted by Crippen LogP contribution is -2.30. The Kier molecular flexibility index (Phi) is 5.20. The van der Waals surface area contributed by atoms with Crippen LogP contribution in [0.3, 0.4) is 0 Å². The Hall–Kier alpha value is -1.04. The van der Waals surface area contributed by atoms with Crippen LogP contribution in [-0.4, -0.2) is 6.54 Å². The molecule has 3 rings (SSSR count). The molecule has 6 heteroatoms. The van der Waals surface area contributed by atoms with E-state index in [1.165, 1.54) is 5.56 Å². The van der Waals surface area contributed by atoms with Gasteiger partial charge < -0.3 is 5.32 Å². The molecule has 2 aromatic rings. The molecule has 0 aromatic heterocycles. The van der Waals surface area contributed by atoms with E-state index in [1.807, 2.05) is 18.2 Å². The summed E-state index contributed by atoms with van der Waals surface area (Å²) in [6.07, 6.45) is -3.39. The Labute approximate surface area is 141 Å². The van der Waals surface area contributed by atoms with Crippen molar-refractivity contribution in [2.24, 2.45) is 0 Å². The minimum Gasteiger partial charge on any atom is -0.306 e. The fourth-order valence-corrected chi connectivity index (χ4v) is 3.33. The van der Waals surface area contributed by atoms with Gasteiger partial charge in [-0.3, -0.25) is 0 Å². The zero-order valence-electron chi connectivity index (χ0n) is 11.5. The van der Waals surface area contributed by atoms with Crippen LogP contribution in [0.15, 0.2) is 46.9 Å². The smallest absolute Gasteiger partial charge is 0.306 e. The number of rotatable bonds is 1. The van der Waals surface area contributed by atoms with Crippen LogP contribution in [0.1, 0.15) is 28.3 Å². The van der Waals surface area contributed by atoms with Gasteiger partial charge in [0, 0.05) is 11.0 Å². The van der Waals surface area contributed by atoms with Gasteiger partial charge in [0.15, 0.2) is 0 Å². The molecule has 0 saturated carbocycles. The molecule has 0 amide bonds. The SMILES string of the molecule is Cl.FC(F)(F)c1ccc(C2NCCc3ccccc32)c(Br)c1. The predicted molar refractivity (Wildman–Crippen MR) is 86.4 cm³/mol. The van der Waals surface area contributed by atoms with E-state index in [-0.39, 0.29) is 18.4 Å². The fraction of sp³-hybridized carbons (Fsp3) is 0.250. The van der Waals surface area contributed by atoms with E-state index < -0.39 is 11.7 Å². The summed E-state index contributed by atoms with van der Waals surface area (Å²) < 4.78 is 38.7. The minimum atomic E-state index is -4.32. The van der Waals surface area contributed by atoms with E-state index in [0.717, 1.165) is 36.2 Å². The van der Waals surface area contributed by atoms with Crippen molar-refractivity contribution in [1.82, 2.24) is 5.32 Å². The summed E-state index contributed by atoms with van der Waals surface area (Å²) in [6.45, 7) is 0.815. The van der Waals surface area contributed by atoms with Crippen molar-refractivity contribution in [2.45, 2.75) is 18.6 Å². The standard InChI is InChI=1S/C16H13BrF3N.ClH/c17-14-9-11(16(18,19)20)5-6-13(14)15-12-4-2-1-3-10(12)7-8-21-15;/h1-6,9,15,21H,7-8H2;1H. The molecule has 0 saturated heterocycles. The monoisotopic (exact) mass is 391 g/mol. The Balaban J connectivity index is 0.00000176. The summed E-state index contributed by atoms with van der Waals surface area (Å²) in [5, 5.41) is 3.38. The van der Waals surface area contributed by atoms with Crippen LogP contribution in [0, 0.1) is 0 Å². The molecule has 0 radical (unpaired) electrons. The van der Waals surface area contributed by atoms with Crippen molar-refractivity contribution < 1.29 is 13.2 Å². The van der Waals surface area contributed by atoms with Gasteiger partial charge in [0.2, 0.25) is 0 Å². The number of hydrogen-bond donors (Lipinski definition) is 1. The van der Waals surface area contributed by atoms with Gasteiger partial charge in [0.1, 0.15) is 0 Å². The van der Waals surface area contributed by atoms with Crippen LogP contribution in [-0.2, 0) is 12.6 Å². The second-order valence-electron chi connectivity index (χ2n) is 5.07. The van der Waals surface area contributed by atoms with Gasteiger partial charge in [-0.1, -0.05) is 46.3 Å². The Morgan fingerprint density at radius 1 is 1.05 bits per heavy atom. The Morgan fingerprint density at radius 2 is 1.77 bits per heavy atom. The van der Waals surface area contributed by atoms with Gasteiger partial charge in [-0.15, -0.1) is 12.4 Å². The van der Waals surface area contributed by atoms with Crippen LogP contribution < -0.4 is 5.32 Å². The molecular weight excluding hydrogens is 379 g/mol. The van der Waals surface area contributed by atoms with E-state index in [2.05, 4.69) is 27.3 Å². The third-order valence-electron chi connectivity index (χ3n) is 3.75. The molecular formula is C16H14BrClF3N. The highest BCUT2D eigenvalue weighted by Gasteiger charge is 2.32. The van der Waals surface area contributed by atoms with Crippen LogP contribution >= 0.6 is 28.3 Å². The largest absolute Gasteiger partial charge is 0.416 e. The van der Waals surface area contributed by atoms with Crippen LogP contribution in [0.4, 0.5) is 13.2 Å². The van der Waals surface area contributed by atoms with Crippen molar-refractivity contribution in [3.8, 4) is 0 Å². The number of hydrogen-bond acceptors (Lipinski definition) is 1. The van der Waals surface area contributed by atoms with Crippen molar-refractivity contribution in [3.63, 3.8) is 0 Å². The third-order valence-corrected chi connectivity index (χ3v) is 4.43. The first-order valence-electron chi connectivity index (χ1n) is 6.64. The topological polar surface area (TPSA) is 12.0 Å². The van der Waals surface area contributed by atoms with Gasteiger partial charge in [0.05, 0.1) is 11.6 Å². The van der Waals surface area contributed by atoms with Gasteiger partial charge in [-0.2, -0.15) is 13.2 Å². The van der Waals surface area contributed by atoms with Crippen LogP contribution in [0.25, 0.3) is 0 Å². The molecule has 1 heterocycles. The predicted octanol–water partition coefficient (Wildman–Crippen LogP) is 5.12. The molecule has 1 aliphatic heterocycles. The summed E-state index contributed by atoms with van der Waals surface area (Å²) in [4.78, 5) is 0.